The van der Waals surface area contributed by atoms with E-state index in [-0.39, 0.29) is 10.8 Å². The first-order valence-electron chi connectivity index (χ1n) is 20.7. The molecule has 3 heterocycles. The third kappa shape index (κ3) is 4.14. The van der Waals surface area contributed by atoms with Gasteiger partial charge in [0.1, 0.15) is 22.8 Å². The molecular formula is C48H43N5O. The molecule has 266 valence electrons. The van der Waals surface area contributed by atoms with Crippen LogP contribution in [0.2, 0.25) is 0 Å². The zero-order chi connectivity index (χ0) is 35.3. The summed E-state index contributed by atoms with van der Waals surface area (Å²) < 4.78 is 9.02. The van der Waals surface area contributed by atoms with E-state index < -0.39 is 0 Å². The smallest absolute Gasteiger partial charge is 0.165 e. The van der Waals surface area contributed by atoms with Gasteiger partial charge < -0.3 is 8.98 Å². The Morgan fingerprint density at radius 2 is 1.17 bits per heavy atom. The number of aromatic nitrogens is 4. The molecule has 0 amide bonds. The van der Waals surface area contributed by atoms with Crippen molar-refractivity contribution in [3.05, 3.63) is 96.1 Å². The fourth-order valence-electron chi connectivity index (χ4n) is 14.2. The molecule has 0 spiro atoms. The van der Waals surface area contributed by atoms with Gasteiger partial charge in [-0.1, -0.05) is 36.4 Å². The standard InChI is InChI=1S/C48H43N5O/c49-26-27-9-11-39(53-38-7-3-1-6-36(38)42-40(53)12-10-35-34-5-2-4-8-41(34)54-43(35)42)37(19-27)44-50-45(47-20-28-13-29(21-47)15-30(14-28)22-47)52-46(51-44)48-23-31-16-32(24-48)18-33(17-31)25-48/h1-12,19,28-33H,13-18,20-25H2. The summed E-state index contributed by atoms with van der Waals surface area (Å²) in [5.41, 5.74) is 6.60. The fraction of sp³-hybridized carbons (Fsp3) is 0.417. The molecule has 0 aliphatic heterocycles. The van der Waals surface area contributed by atoms with Gasteiger partial charge in [-0.25, -0.2) is 15.0 Å². The lowest BCUT2D eigenvalue weighted by molar-refractivity contribution is -0.0155. The Labute approximate surface area is 314 Å². The van der Waals surface area contributed by atoms with Crippen LogP contribution in [0.4, 0.5) is 0 Å². The second kappa shape index (κ2) is 10.6. The molecule has 7 aromatic rings. The average molecular weight is 706 g/mol. The highest BCUT2D eigenvalue weighted by Gasteiger charge is 2.56. The first-order chi connectivity index (χ1) is 26.5. The largest absolute Gasteiger partial charge is 0.455 e. The predicted octanol–water partition coefficient (Wildman–Crippen LogP) is 11.3. The summed E-state index contributed by atoms with van der Waals surface area (Å²) in [6, 6.07) is 30.1. The monoisotopic (exact) mass is 705 g/mol. The maximum atomic E-state index is 10.4. The van der Waals surface area contributed by atoms with Crippen molar-refractivity contribution in [2.24, 2.45) is 35.5 Å². The molecule has 0 saturated heterocycles. The normalized spacial score (nSPS) is 32.1. The van der Waals surface area contributed by atoms with Gasteiger partial charge in [0, 0.05) is 32.6 Å². The Hall–Kier alpha value is -5.02. The average Bonchev–Trinajstić information content (AvgIpc) is 3.72. The Balaban J connectivity index is 1.08. The van der Waals surface area contributed by atoms with Gasteiger partial charge in [-0.3, -0.25) is 0 Å². The molecule has 8 bridgehead atoms. The van der Waals surface area contributed by atoms with Crippen LogP contribution in [-0.2, 0) is 10.8 Å². The van der Waals surface area contributed by atoms with Crippen molar-refractivity contribution in [2.45, 2.75) is 87.9 Å². The van der Waals surface area contributed by atoms with Crippen LogP contribution < -0.4 is 0 Å². The Kier molecular flexibility index (Phi) is 5.95. The Bertz CT molecular complexity index is 2650. The minimum atomic E-state index is 0.0379. The Morgan fingerprint density at radius 3 is 1.78 bits per heavy atom. The van der Waals surface area contributed by atoms with E-state index in [2.05, 4.69) is 77.4 Å². The van der Waals surface area contributed by atoms with E-state index in [4.69, 9.17) is 19.4 Å². The molecule has 0 unspecified atom stereocenters. The first-order valence-corrected chi connectivity index (χ1v) is 20.7. The van der Waals surface area contributed by atoms with Crippen LogP contribution in [0.15, 0.2) is 83.3 Å². The summed E-state index contributed by atoms with van der Waals surface area (Å²) in [6.45, 7) is 0. The number of rotatable bonds is 4. The lowest BCUT2D eigenvalue weighted by Crippen LogP contribution is -2.51. The molecule has 8 aliphatic rings. The molecule has 6 nitrogen and oxygen atoms in total. The van der Waals surface area contributed by atoms with Crippen LogP contribution in [0.25, 0.3) is 60.8 Å². The lowest BCUT2D eigenvalue weighted by atomic mass is 9.49. The van der Waals surface area contributed by atoms with Crippen molar-refractivity contribution >= 4 is 43.7 Å². The van der Waals surface area contributed by atoms with Gasteiger partial charge in [0.2, 0.25) is 0 Å². The predicted molar refractivity (Wildman–Crippen MR) is 211 cm³/mol. The van der Waals surface area contributed by atoms with Gasteiger partial charge in [0.25, 0.3) is 0 Å². The molecule has 0 radical (unpaired) electrons. The number of benzene rings is 4. The van der Waals surface area contributed by atoms with Crippen molar-refractivity contribution in [3.8, 4) is 23.1 Å². The Morgan fingerprint density at radius 1 is 0.593 bits per heavy atom. The maximum absolute atomic E-state index is 10.4. The van der Waals surface area contributed by atoms with E-state index in [1.165, 1.54) is 77.0 Å². The van der Waals surface area contributed by atoms with E-state index in [1.54, 1.807) is 0 Å². The van der Waals surface area contributed by atoms with Crippen LogP contribution >= 0.6 is 0 Å². The lowest BCUT2D eigenvalue weighted by Gasteiger charge is -2.57. The summed E-state index contributed by atoms with van der Waals surface area (Å²) in [7, 11) is 0. The zero-order valence-electron chi connectivity index (χ0n) is 30.6. The highest BCUT2D eigenvalue weighted by molar-refractivity contribution is 6.24. The molecule has 6 heteroatoms. The number of nitrogens with zero attached hydrogens (tertiary/aromatic N) is 5. The molecule has 3 aromatic heterocycles. The van der Waals surface area contributed by atoms with Crippen LogP contribution in [-0.4, -0.2) is 19.5 Å². The van der Waals surface area contributed by atoms with Crippen molar-refractivity contribution < 1.29 is 4.42 Å². The SMILES string of the molecule is N#Cc1ccc(-n2c3ccccc3c3c4oc5ccccc5c4ccc32)c(-c2nc(C34CC5CC(CC(C5)C3)C4)nc(C34CC5CC(CC(C5)C3)C4)n2)c1. The molecule has 15 rings (SSSR count). The second-order valence-corrected chi connectivity index (χ2v) is 18.8. The third-order valence-corrected chi connectivity index (χ3v) is 15.4. The van der Waals surface area contributed by atoms with Gasteiger partial charge in [-0.05, 0) is 155 Å². The summed E-state index contributed by atoms with van der Waals surface area (Å²) in [4.78, 5) is 17.0. The maximum Gasteiger partial charge on any atom is 0.165 e. The summed E-state index contributed by atoms with van der Waals surface area (Å²) in [5.74, 6) is 7.66. The minimum Gasteiger partial charge on any atom is -0.455 e. The number of hydrogen-bond acceptors (Lipinski definition) is 5. The van der Waals surface area contributed by atoms with E-state index in [0.717, 1.165) is 108 Å². The molecule has 4 aromatic carbocycles. The number of furan rings is 1. The molecule has 8 aliphatic carbocycles. The van der Waals surface area contributed by atoms with Crippen molar-refractivity contribution in [3.63, 3.8) is 0 Å². The molecule has 8 fully saturated rings. The number of hydrogen-bond donors (Lipinski definition) is 0. The highest BCUT2D eigenvalue weighted by atomic mass is 16.3. The van der Waals surface area contributed by atoms with Crippen LogP contribution in [0.1, 0.15) is 94.3 Å². The van der Waals surface area contributed by atoms with Gasteiger partial charge in [-0.15, -0.1) is 0 Å². The van der Waals surface area contributed by atoms with Crippen LogP contribution in [0, 0.1) is 46.8 Å². The highest BCUT2D eigenvalue weighted by Crippen LogP contribution is 2.62. The van der Waals surface area contributed by atoms with E-state index in [0.29, 0.717) is 5.56 Å². The van der Waals surface area contributed by atoms with E-state index >= 15 is 0 Å². The number of nitriles is 1. The van der Waals surface area contributed by atoms with Crippen molar-refractivity contribution in [1.29, 1.82) is 5.26 Å². The summed E-state index contributed by atoms with van der Waals surface area (Å²) in [5, 5.41) is 14.9. The zero-order valence-corrected chi connectivity index (χ0v) is 30.6. The minimum absolute atomic E-state index is 0.0379. The van der Waals surface area contributed by atoms with Gasteiger partial charge in [-0.2, -0.15) is 5.26 Å². The summed E-state index contributed by atoms with van der Waals surface area (Å²) >= 11 is 0. The van der Waals surface area contributed by atoms with Crippen molar-refractivity contribution in [1.82, 2.24) is 19.5 Å². The quantitative estimate of drug-likeness (QED) is 0.182. The van der Waals surface area contributed by atoms with E-state index in [9.17, 15) is 5.26 Å². The van der Waals surface area contributed by atoms with Gasteiger partial charge >= 0.3 is 0 Å². The summed E-state index contributed by atoms with van der Waals surface area (Å²) in [6.07, 6.45) is 15.6. The topological polar surface area (TPSA) is 80.5 Å². The fourth-order valence-corrected chi connectivity index (χ4v) is 14.2. The number of fused-ring (bicyclic) bond motifs is 7. The molecule has 0 N–H and O–H groups in total. The number of para-hydroxylation sites is 2. The third-order valence-electron chi connectivity index (χ3n) is 15.4. The van der Waals surface area contributed by atoms with E-state index in [1.807, 2.05) is 12.1 Å². The van der Waals surface area contributed by atoms with Gasteiger partial charge in [0.15, 0.2) is 5.82 Å². The molecular weight excluding hydrogens is 663 g/mol. The van der Waals surface area contributed by atoms with Gasteiger partial charge in [0.05, 0.1) is 33.7 Å². The molecule has 54 heavy (non-hydrogen) atoms. The molecule has 8 saturated carbocycles. The van der Waals surface area contributed by atoms with Crippen LogP contribution in [0.3, 0.4) is 0 Å². The van der Waals surface area contributed by atoms with Crippen LogP contribution in [0.5, 0.6) is 0 Å². The molecule has 0 atom stereocenters. The second-order valence-electron chi connectivity index (χ2n) is 18.8. The first kappa shape index (κ1) is 30.3. The van der Waals surface area contributed by atoms with Crippen molar-refractivity contribution in [2.75, 3.05) is 0 Å².